The van der Waals surface area contributed by atoms with E-state index in [1.165, 1.54) is 0 Å². The lowest BCUT2D eigenvalue weighted by atomic mass is 9.97. The maximum Gasteiger partial charge on any atom is 0.264 e. The Bertz CT molecular complexity index is 1200. The van der Waals surface area contributed by atoms with Crippen LogP contribution in [0.4, 0.5) is 0 Å². The van der Waals surface area contributed by atoms with Crippen molar-refractivity contribution in [1.29, 1.82) is 5.26 Å². The van der Waals surface area contributed by atoms with Gasteiger partial charge in [0.15, 0.2) is 6.10 Å². The first-order chi connectivity index (χ1) is 14.6. The first kappa shape index (κ1) is 18.9. The molecule has 0 bridgehead atoms. The van der Waals surface area contributed by atoms with Crippen LogP contribution in [0, 0.1) is 11.3 Å². The van der Waals surface area contributed by atoms with E-state index in [9.17, 15) is 10.1 Å². The van der Waals surface area contributed by atoms with E-state index < -0.39 is 6.10 Å². The second-order valence-corrected chi connectivity index (χ2v) is 7.97. The largest absolute Gasteiger partial charge is 0.479 e. The van der Waals surface area contributed by atoms with E-state index in [1.54, 1.807) is 12.3 Å². The molecule has 5 rings (SSSR count). The van der Waals surface area contributed by atoms with E-state index >= 15 is 0 Å². The molecule has 2 aliphatic heterocycles. The number of pyridine rings is 1. The lowest BCUT2D eigenvalue weighted by Gasteiger charge is -2.29. The number of carbonyl (C=O) groups is 1. The molecule has 0 radical (unpaired) electrons. The number of benzene rings is 2. The molecule has 1 fully saturated rings. The van der Waals surface area contributed by atoms with Crippen molar-refractivity contribution in [1.82, 2.24) is 15.2 Å². The average Bonchev–Trinajstić information content (AvgIpc) is 3.21. The van der Waals surface area contributed by atoms with Gasteiger partial charge in [-0.2, -0.15) is 5.26 Å². The number of nitrogens with one attached hydrogen (secondary N) is 1. The van der Waals surface area contributed by atoms with Gasteiger partial charge < -0.3 is 15.0 Å². The molecule has 0 spiro atoms. The third-order valence-corrected chi connectivity index (χ3v) is 5.88. The highest BCUT2D eigenvalue weighted by Crippen LogP contribution is 2.43. The summed E-state index contributed by atoms with van der Waals surface area (Å²) in [4.78, 5) is 19.3. The molecule has 30 heavy (non-hydrogen) atoms. The summed E-state index contributed by atoms with van der Waals surface area (Å²) < 4.78 is 6.21. The van der Waals surface area contributed by atoms with Crippen molar-refractivity contribution >= 4 is 28.4 Å². The Hall–Kier alpha value is -3.14. The molecule has 2 aromatic carbocycles. The van der Waals surface area contributed by atoms with Gasteiger partial charge >= 0.3 is 0 Å². The Morgan fingerprint density at radius 2 is 2.03 bits per heavy atom. The molecule has 3 heterocycles. The second kappa shape index (κ2) is 7.60. The van der Waals surface area contributed by atoms with Crippen molar-refractivity contribution in [3.05, 3.63) is 58.7 Å². The molecule has 1 amide bonds. The Labute approximate surface area is 179 Å². The second-order valence-electron chi connectivity index (χ2n) is 7.53. The van der Waals surface area contributed by atoms with E-state index in [0.29, 0.717) is 35.8 Å². The average molecular weight is 419 g/mol. The fourth-order valence-corrected chi connectivity index (χ4v) is 4.44. The highest BCUT2D eigenvalue weighted by molar-refractivity contribution is 6.31. The number of ether oxygens (including phenoxy) is 1. The number of rotatable bonds is 2. The first-order valence-corrected chi connectivity index (χ1v) is 10.3. The van der Waals surface area contributed by atoms with Crippen molar-refractivity contribution in [2.45, 2.75) is 12.5 Å². The third kappa shape index (κ3) is 3.26. The normalized spacial score (nSPS) is 18.0. The molecular formula is C23H19ClN4O2. The quantitative estimate of drug-likeness (QED) is 0.691. The van der Waals surface area contributed by atoms with Crippen molar-refractivity contribution in [3.63, 3.8) is 0 Å². The molecule has 1 aromatic heterocycles. The minimum absolute atomic E-state index is 0.0149. The molecule has 2 aliphatic rings. The molecule has 1 N–H and O–H groups in total. The lowest BCUT2D eigenvalue weighted by Crippen LogP contribution is -2.50. The van der Waals surface area contributed by atoms with Gasteiger partial charge in [0.2, 0.25) is 0 Å². The molecule has 1 unspecified atom stereocenters. The van der Waals surface area contributed by atoms with E-state index in [4.69, 9.17) is 16.3 Å². The van der Waals surface area contributed by atoms with Gasteiger partial charge in [-0.15, -0.1) is 0 Å². The van der Waals surface area contributed by atoms with Gasteiger partial charge in [0.25, 0.3) is 5.91 Å². The zero-order chi connectivity index (χ0) is 20.7. The van der Waals surface area contributed by atoms with Gasteiger partial charge in [0, 0.05) is 60.3 Å². The van der Waals surface area contributed by atoms with Crippen LogP contribution < -0.4 is 10.1 Å². The number of halogens is 1. The van der Waals surface area contributed by atoms with Crippen LogP contribution in [-0.2, 0) is 11.2 Å². The third-order valence-electron chi connectivity index (χ3n) is 5.66. The standard InChI is InChI=1S/C23H19ClN4O2/c24-16-10-15-11-21(23(29)28-7-5-26-6-8-28)30-22(15)19(12-16)17-3-4-27-20-2-1-14(13-25)9-18(17)20/h1-4,9-10,12,21,26H,5-8,11H2. The van der Waals surface area contributed by atoms with Gasteiger partial charge in [-0.05, 0) is 42.0 Å². The summed E-state index contributed by atoms with van der Waals surface area (Å²) in [6, 6.07) is 13.2. The number of hydrogen-bond acceptors (Lipinski definition) is 5. The smallest absolute Gasteiger partial charge is 0.264 e. The Balaban J connectivity index is 1.57. The van der Waals surface area contributed by atoms with E-state index in [0.717, 1.165) is 40.7 Å². The number of aromatic nitrogens is 1. The number of nitrogens with zero attached hydrogens (tertiary/aromatic N) is 3. The number of nitriles is 1. The number of hydrogen-bond donors (Lipinski definition) is 1. The number of carbonyl (C=O) groups excluding carboxylic acids is 1. The Morgan fingerprint density at radius 3 is 2.83 bits per heavy atom. The topological polar surface area (TPSA) is 78.2 Å². The first-order valence-electron chi connectivity index (χ1n) is 9.92. The number of amides is 1. The van der Waals surface area contributed by atoms with Crippen LogP contribution in [0.2, 0.25) is 5.02 Å². The Kier molecular flexibility index (Phi) is 4.78. The Morgan fingerprint density at radius 1 is 1.20 bits per heavy atom. The predicted octanol–water partition coefficient (Wildman–Crippen LogP) is 3.16. The zero-order valence-corrected chi connectivity index (χ0v) is 16.9. The fourth-order valence-electron chi connectivity index (χ4n) is 4.20. The van der Waals surface area contributed by atoms with Gasteiger partial charge in [-0.3, -0.25) is 9.78 Å². The van der Waals surface area contributed by atoms with Crippen molar-refractivity contribution in [2.75, 3.05) is 26.2 Å². The molecule has 3 aromatic rings. The molecule has 0 aliphatic carbocycles. The minimum Gasteiger partial charge on any atom is -0.479 e. The molecule has 150 valence electrons. The van der Waals surface area contributed by atoms with Crippen LogP contribution in [0.15, 0.2) is 42.6 Å². The van der Waals surface area contributed by atoms with Crippen LogP contribution in [0.25, 0.3) is 22.0 Å². The summed E-state index contributed by atoms with van der Waals surface area (Å²) in [6.07, 6.45) is 1.69. The van der Waals surface area contributed by atoms with Crippen molar-refractivity contribution in [2.24, 2.45) is 0 Å². The van der Waals surface area contributed by atoms with Gasteiger partial charge in [-0.1, -0.05) is 11.6 Å². The maximum absolute atomic E-state index is 13.0. The highest BCUT2D eigenvalue weighted by atomic mass is 35.5. The molecule has 6 nitrogen and oxygen atoms in total. The highest BCUT2D eigenvalue weighted by Gasteiger charge is 2.35. The molecule has 7 heteroatoms. The minimum atomic E-state index is -0.543. The van der Waals surface area contributed by atoms with E-state index in [-0.39, 0.29) is 5.91 Å². The molecule has 1 saturated heterocycles. The van der Waals surface area contributed by atoms with Gasteiger partial charge in [0.05, 0.1) is 17.1 Å². The van der Waals surface area contributed by atoms with Crippen LogP contribution in [0.1, 0.15) is 11.1 Å². The summed E-state index contributed by atoms with van der Waals surface area (Å²) in [5.74, 6) is 0.698. The lowest BCUT2D eigenvalue weighted by molar-refractivity contribution is -0.138. The van der Waals surface area contributed by atoms with Crippen LogP contribution in [-0.4, -0.2) is 48.1 Å². The summed E-state index contributed by atoms with van der Waals surface area (Å²) in [5, 5.41) is 14.0. The van der Waals surface area contributed by atoms with Crippen LogP contribution in [0.3, 0.4) is 0 Å². The molecular weight excluding hydrogens is 400 g/mol. The van der Waals surface area contributed by atoms with Crippen LogP contribution >= 0.6 is 11.6 Å². The van der Waals surface area contributed by atoms with E-state index in [2.05, 4.69) is 16.4 Å². The van der Waals surface area contributed by atoms with Gasteiger partial charge in [-0.25, -0.2) is 0 Å². The zero-order valence-electron chi connectivity index (χ0n) is 16.2. The number of piperazine rings is 1. The predicted molar refractivity (Wildman–Crippen MR) is 114 cm³/mol. The summed E-state index contributed by atoms with van der Waals surface area (Å²) in [7, 11) is 0. The summed E-state index contributed by atoms with van der Waals surface area (Å²) in [5.41, 5.74) is 3.96. The summed E-state index contributed by atoms with van der Waals surface area (Å²) in [6.45, 7) is 2.97. The monoisotopic (exact) mass is 418 g/mol. The summed E-state index contributed by atoms with van der Waals surface area (Å²) >= 11 is 6.44. The molecule has 0 saturated carbocycles. The van der Waals surface area contributed by atoms with Crippen molar-refractivity contribution < 1.29 is 9.53 Å². The fraction of sp³-hybridized carbons (Fsp3) is 0.261. The van der Waals surface area contributed by atoms with Crippen LogP contribution in [0.5, 0.6) is 5.75 Å². The van der Waals surface area contributed by atoms with Gasteiger partial charge in [0.1, 0.15) is 5.75 Å². The number of fused-ring (bicyclic) bond motifs is 2. The SMILES string of the molecule is N#Cc1ccc2nccc(-c3cc(Cl)cc4c3OC(C(=O)N3CCNCC3)C4)c2c1. The molecule has 1 atom stereocenters. The van der Waals surface area contributed by atoms with E-state index in [1.807, 2.05) is 35.2 Å². The van der Waals surface area contributed by atoms with Crippen molar-refractivity contribution in [3.8, 4) is 22.9 Å². The maximum atomic E-state index is 13.0.